The number of hydrogen-bond acceptors (Lipinski definition) is 6. The summed E-state index contributed by atoms with van der Waals surface area (Å²) in [6.45, 7) is 9.47. The maximum Gasteiger partial charge on any atom is 0.171 e. The quantitative estimate of drug-likeness (QED) is 0.841. The summed E-state index contributed by atoms with van der Waals surface area (Å²) in [5.41, 5.74) is 0. The topological polar surface area (TPSA) is 50.7 Å². The largest absolute Gasteiger partial charge is 0.357 e. The number of nitrogens with zero attached hydrogens (tertiary/aromatic N) is 4. The normalized spacial score (nSPS) is 21.0. The number of rotatable bonds is 4. The van der Waals surface area contributed by atoms with Crippen molar-refractivity contribution in [3.8, 4) is 0 Å². The minimum absolute atomic E-state index is 0.328. The van der Waals surface area contributed by atoms with Gasteiger partial charge >= 0.3 is 0 Å². The van der Waals surface area contributed by atoms with Crippen LogP contribution in [0.3, 0.4) is 0 Å². The molecule has 0 unspecified atom stereocenters. The van der Waals surface area contributed by atoms with Crippen molar-refractivity contribution in [3.05, 3.63) is 12.4 Å². The van der Waals surface area contributed by atoms with Gasteiger partial charge in [0.1, 0.15) is 18.0 Å². The third-order valence-corrected chi connectivity index (χ3v) is 4.39. The Morgan fingerprint density at radius 1 is 1.14 bits per heavy atom. The van der Waals surface area contributed by atoms with Gasteiger partial charge in [0.2, 0.25) is 0 Å². The van der Waals surface area contributed by atoms with E-state index in [9.17, 15) is 0 Å². The van der Waals surface area contributed by atoms with Crippen molar-refractivity contribution in [2.45, 2.75) is 32.5 Å². The lowest BCUT2D eigenvalue weighted by molar-refractivity contribution is -0.169. The van der Waals surface area contributed by atoms with Crippen molar-refractivity contribution in [1.29, 1.82) is 0 Å². The van der Waals surface area contributed by atoms with Gasteiger partial charge in [0, 0.05) is 45.1 Å². The van der Waals surface area contributed by atoms with E-state index in [4.69, 9.17) is 9.47 Å². The predicted octanol–water partition coefficient (Wildman–Crippen LogP) is 1.67. The fourth-order valence-electron chi connectivity index (χ4n) is 3.09. The Bertz CT molecular complexity index is 462. The zero-order valence-corrected chi connectivity index (χ0v) is 12.9. The molecule has 0 amide bonds. The molecule has 6 nitrogen and oxygen atoms in total. The van der Waals surface area contributed by atoms with Crippen molar-refractivity contribution < 1.29 is 9.47 Å². The summed E-state index contributed by atoms with van der Waals surface area (Å²) in [5.74, 6) is 1.67. The first-order valence-corrected chi connectivity index (χ1v) is 7.86. The average Bonchev–Trinajstić information content (AvgIpc) is 2.98. The summed E-state index contributed by atoms with van der Waals surface area (Å²) in [4.78, 5) is 13.4. The van der Waals surface area contributed by atoms with Crippen LogP contribution in [0.1, 0.15) is 26.7 Å². The molecule has 3 heterocycles. The predicted molar refractivity (Wildman–Crippen MR) is 81.7 cm³/mol. The van der Waals surface area contributed by atoms with Crippen LogP contribution < -0.4 is 9.80 Å². The molecule has 1 aromatic heterocycles. The fourth-order valence-corrected chi connectivity index (χ4v) is 3.09. The van der Waals surface area contributed by atoms with Gasteiger partial charge in [-0.3, -0.25) is 0 Å². The average molecular weight is 292 g/mol. The second-order valence-corrected chi connectivity index (χ2v) is 5.50. The third-order valence-electron chi connectivity index (χ3n) is 4.39. The van der Waals surface area contributed by atoms with Crippen molar-refractivity contribution >= 4 is 11.6 Å². The second kappa shape index (κ2) is 6.15. The van der Waals surface area contributed by atoms with Gasteiger partial charge < -0.3 is 19.3 Å². The van der Waals surface area contributed by atoms with E-state index in [-0.39, 0.29) is 5.79 Å². The number of ether oxygens (including phenoxy) is 2. The molecule has 2 fully saturated rings. The van der Waals surface area contributed by atoms with Gasteiger partial charge in [-0.1, -0.05) is 0 Å². The molecule has 0 N–H and O–H groups in total. The van der Waals surface area contributed by atoms with Gasteiger partial charge in [0.15, 0.2) is 5.79 Å². The summed E-state index contributed by atoms with van der Waals surface area (Å²) in [7, 11) is 0. The highest BCUT2D eigenvalue weighted by atomic mass is 16.7. The summed E-state index contributed by atoms with van der Waals surface area (Å²) in [5, 5.41) is 0. The molecular weight excluding hydrogens is 268 g/mol. The van der Waals surface area contributed by atoms with E-state index in [0.717, 1.165) is 63.9 Å². The van der Waals surface area contributed by atoms with Gasteiger partial charge in [-0.2, -0.15) is 0 Å². The Hall–Kier alpha value is -1.40. The van der Waals surface area contributed by atoms with E-state index in [0.29, 0.717) is 0 Å². The molecule has 0 radical (unpaired) electrons. The summed E-state index contributed by atoms with van der Waals surface area (Å²) >= 11 is 0. The number of hydrogen-bond donors (Lipinski definition) is 0. The van der Waals surface area contributed by atoms with E-state index >= 15 is 0 Å². The van der Waals surface area contributed by atoms with Crippen LogP contribution in [0.25, 0.3) is 0 Å². The van der Waals surface area contributed by atoms with Crippen LogP contribution in [-0.4, -0.2) is 55.1 Å². The second-order valence-electron chi connectivity index (χ2n) is 5.50. The lowest BCUT2D eigenvalue weighted by Crippen LogP contribution is -2.45. The van der Waals surface area contributed by atoms with Gasteiger partial charge in [-0.15, -0.1) is 0 Å². The SMILES string of the molecule is CCN(CC)c1cc(N2CCC3(CC2)OCCO3)ncn1. The van der Waals surface area contributed by atoms with E-state index in [1.807, 2.05) is 0 Å². The van der Waals surface area contributed by atoms with Crippen molar-refractivity contribution in [2.24, 2.45) is 0 Å². The lowest BCUT2D eigenvalue weighted by atomic mass is 10.0. The Labute approximate surface area is 126 Å². The molecule has 6 heteroatoms. The van der Waals surface area contributed by atoms with Crippen LogP contribution in [0.2, 0.25) is 0 Å². The van der Waals surface area contributed by atoms with Gasteiger partial charge in [-0.25, -0.2) is 9.97 Å². The fraction of sp³-hybridized carbons (Fsp3) is 0.733. The maximum absolute atomic E-state index is 5.77. The van der Waals surface area contributed by atoms with Crippen molar-refractivity contribution in [3.63, 3.8) is 0 Å². The summed E-state index contributed by atoms with van der Waals surface area (Å²) < 4.78 is 11.5. The minimum Gasteiger partial charge on any atom is -0.357 e. The highest BCUT2D eigenvalue weighted by Crippen LogP contribution is 2.33. The van der Waals surface area contributed by atoms with Crippen molar-refractivity contribution in [2.75, 3.05) is 49.2 Å². The van der Waals surface area contributed by atoms with Gasteiger partial charge in [-0.05, 0) is 13.8 Å². The standard InChI is InChI=1S/C15H24N4O2/c1-3-18(4-2)13-11-14(17-12-16-13)19-7-5-15(6-8-19)20-9-10-21-15/h11-12H,3-10H2,1-2H3. The number of piperidine rings is 1. The van der Waals surface area contributed by atoms with Crippen LogP contribution in [0, 0.1) is 0 Å². The van der Waals surface area contributed by atoms with Crippen LogP contribution in [0.5, 0.6) is 0 Å². The highest BCUT2D eigenvalue weighted by Gasteiger charge is 2.40. The zero-order chi connectivity index (χ0) is 14.7. The van der Waals surface area contributed by atoms with Crippen LogP contribution >= 0.6 is 0 Å². The molecule has 21 heavy (non-hydrogen) atoms. The maximum atomic E-state index is 5.77. The molecule has 0 aliphatic carbocycles. The molecular formula is C15H24N4O2. The van der Waals surface area contributed by atoms with Crippen LogP contribution in [0.15, 0.2) is 12.4 Å². The number of aromatic nitrogens is 2. The zero-order valence-electron chi connectivity index (χ0n) is 12.9. The number of anilines is 2. The highest BCUT2D eigenvalue weighted by molar-refractivity contribution is 5.50. The molecule has 1 spiro atoms. The Kier molecular flexibility index (Phi) is 4.26. The first-order chi connectivity index (χ1) is 10.3. The molecule has 0 bridgehead atoms. The first-order valence-electron chi connectivity index (χ1n) is 7.86. The van der Waals surface area contributed by atoms with Gasteiger partial charge in [0.05, 0.1) is 13.2 Å². The van der Waals surface area contributed by atoms with E-state index < -0.39 is 0 Å². The monoisotopic (exact) mass is 292 g/mol. The molecule has 1 aromatic rings. The molecule has 2 aliphatic rings. The van der Waals surface area contributed by atoms with E-state index in [1.54, 1.807) is 6.33 Å². The van der Waals surface area contributed by atoms with Crippen LogP contribution in [-0.2, 0) is 9.47 Å². The smallest absolute Gasteiger partial charge is 0.171 e. The molecule has 3 rings (SSSR count). The Morgan fingerprint density at radius 3 is 2.43 bits per heavy atom. The molecule has 0 saturated carbocycles. The lowest BCUT2D eigenvalue weighted by Gasteiger charge is -2.38. The van der Waals surface area contributed by atoms with Crippen molar-refractivity contribution in [1.82, 2.24) is 9.97 Å². The summed E-state index contributed by atoms with van der Waals surface area (Å²) in [6, 6.07) is 2.08. The van der Waals surface area contributed by atoms with E-state index in [1.165, 1.54) is 0 Å². The Morgan fingerprint density at radius 2 is 1.81 bits per heavy atom. The third kappa shape index (κ3) is 2.96. The van der Waals surface area contributed by atoms with Crippen LogP contribution in [0.4, 0.5) is 11.6 Å². The Balaban J connectivity index is 1.69. The molecule has 0 atom stereocenters. The summed E-state index contributed by atoms with van der Waals surface area (Å²) in [6.07, 6.45) is 3.46. The van der Waals surface area contributed by atoms with E-state index in [2.05, 4.69) is 39.7 Å². The van der Waals surface area contributed by atoms with Gasteiger partial charge in [0.25, 0.3) is 0 Å². The molecule has 0 aromatic carbocycles. The first kappa shape index (κ1) is 14.5. The molecule has 2 saturated heterocycles. The minimum atomic E-state index is -0.328. The molecule has 116 valence electrons. The molecule has 2 aliphatic heterocycles.